The lowest BCUT2D eigenvalue weighted by Crippen LogP contribution is -2.60. The normalized spacial score (nSPS) is 21.9. The molecule has 4 atom stereocenters. The fourth-order valence-corrected chi connectivity index (χ4v) is 6.38. The number of piperazine rings is 1. The van der Waals surface area contributed by atoms with Crippen LogP contribution in [0.5, 0.6) is 0 Å². The summed E-state index contributed by atoms with van der Waals surface area (Å²) in [7, 11) is 0. The van der Waals surface area contributed by atoms with Crippen molar-refractivity contribution < 1.29 is 27.9 Å². The van der Waals surface area contributed by atoms with Crippen LogP contribution < -0.4 is 5.32 Å². The van der Waals surface area contributed by atoms with Gasteiger partial charge in [-0.05, 0) is 71.7 Å². The van der Waals surface area contributed by atoms with Crippen LogP contribution in [0.25, 0.3) is 0 Å². The predicted octanol–water partition coefficient (Wildman–Crippen LogP) is 5.63. The lowest BCUT2D eigenvalue weighted by atomic mass is 9.87. The van der Waals surface area contributed by atoms with Crippen molar-refractivity contribution in [2.75, 3.05) is 32.7 Å². The van der Waals surface area contributed by atoms with E-state index in [4.69, 9.17) is 16.3 Å². The Hall–Kier alpha value is -3.24. The van der Waals surface area contributed by atoms with E-state index in [0.29, 0.717) is 29.2 Å². The van der Waals surface area contributed by atoms with Gasteiger partial charge in [0.25, 0.3) is 0 Å². The SMILES string of the molecule is C[C@H]1CN(C(=O)C(Cc2ccccc2Cl)NC(=O)OC(C)(C)C)CCN1C(=O)[C@@H]1CN(C(C)(C)C)C[C@H]1c1ccc(F)cc1F. The van der Waals surface area contributed by atoms with Gasteiger partial charge in [-0.1, -0.05) is 35.9 Å². The molecule has 2 fully saturated rings. The summed E-state index contributed by atoms with van der Waals surface area (Å²) in [5.41, 5.74) is 0.0380. The van der Waals surface area contributed by atoms with Crippen LogP contribution in [0, 0.1) is 17.6 Å². The van der Waals surface area contributed by atoms with Crippen LogP contribution in [0.1, 0.15) is 65.5 Å². The number of carbonyl (C=O) groups is 3. The van der Waals surface area contributed by atoms with Crippen LogP contribution in [0.2, 0.25) is 5.02 Å². The lowest BCUT2D eigenvalue weighted by Gasteiger charge is -2.42. The van der Waals surface area contributed by atoms with Gasteiger partial charge in [0.2, 0.25) is 11.8 Å². The molecule has 0 radical (unpaired) electrons. The van der Waals surface area contributed by atoms with Crippen molar-refractivity contribution in [1.82, 2.24) is 20.0 Å². The molecule has 2 aromatic carbocycles. The molecule has 0 aromatic heterocycles. The molecule has 8 nitrogen and oxygen atoms in total. The molecule has 2 heterocycles. The molecule has 246 valence electrons. The zero-order valence-corrected chi connectivity index (χ0v) is 28.0. The Balaban J connectivity index is 1.51. The Labute approximate surface area is 270 Å². The molecule has 2 aliphatic heterocycles. The van der Waals surface area contributed by atoms with E-state index in [1.54, 1.807) is 42.7 Å². The maximum atomic E-state index is 15.0. The highest BCUT2D eigenvalue weighted by molar-refractivity contribution is 6.31. The third-order valence-corrected chi connectivity index (χ3v) is 8.91. The molecular formula is C34H45ClF2N4O4. The second kappa shape index (κ2) is 13.6. The highest BCUT2D eigenvalue weighted by Gasteiger charge is 2.46. The Kier molecular flexibility index (Phi) is 10.5. The van der Waals surface area contributed by atoms with Crippen molar-refractivity contribution >= 4 is 29.5 Å². The number of nitrogens with one attached hydrogen (secondary N) is 1. The Bertz CT molecular complexity index is 1410. The molecule has 2 saturated heterocycles. The molecule has 1 N–H and O–H groups in total. The quantitative estimate of drug-likeness (QED) is 0.440. The van der Waals surface area contributed by atoms with E-state index in [9.17, 15) is 23.2 Å². The number of rotatable bonds is 6. The first-order valence-electron chi connectivity index (χ1n) is 15.5. The van der Waals surface area contributed by atoms with E-state index in [0.717, 1.165) is 6.07 Å². The fourth-order valence-electron chi connectivity index (χ4n) is 6.17. The summed E-state index contributed by atoms with van der Waals surface area (Å²) in [6.45, 7) is 15.0. The number of hydrogen-bond acceptors (Lipinski definition) is 5. The third kappa shape index (κ3) is 8.52. The summed E-state index contributed by atoms with van der Waals surface area (Å²) in [6, 6.07) is 9.42. The maximum absolute atomic E-state index is 15.0. The van der Waals surface area contributed by atoms with Gasteiger partial charge in [-0.25, -0.2) is 13.6 Å². The minimum absolute atomic E-state index is 0.116. The van der Waals surface area contributed by atoms with Crippen molar-refractivity contribution in [2.24, 2.45) is 5.92 Å². The predicted molar refractivity (Wildman–Crippen MR) is 170 cm³/mol. The van der Waals surface area contributed by atoms with Gasteiger partial charge in [-0.2, -0.15) is 0 Å². The molecular weight excluding hydrogens is 602 g/mol. The minimum atomic E-state index is -0.935. The number of ether oxygens (including phenoxy) is 1. The average Bonchev–Trinajstić information content (AvgIpc) is 3.38. The lowest BCUT2D eigenvalue weighted by molar-refractivity contribution is -0.146. The fraction of sp³-hybridized carbons (Fsp3) is 0.559. The van der Waals surface area contributed by atoms with Crippen molar-refractivity contribution in [3.8, 4) is 0 Å². The number of amides is 3. The van der Waals surface area contributed by atoms with Gasteiger partial charge in [0.1, 0.15) is 23.3 Å². The summed E-state index contributed by atoms with van der Waals surface area (Å²) < 4.78 is 34.2. The molecule has 4 rings (SSSR count). The number of alkyl carbamates (subject to hydrolysis) is 1. The van der Waals surface area contributed by atoms with Gasteiger partial charge in [0.15, 0.2) is 0 Å². The van der Waals surface area contributed by atoms with Gasteiger partial charge in [0, 0.05) is 67.7 Å². The first kappa shape index (κ1) is 34.6. The van der Waals surface area contributed by atoms with Crippen molar-refractivity contribution in [2.45, 2.75) is 84.0 Å². The molecule has 11 heteroatoms. The molecule has 3 amide bonds. The number of benzene rings is 2. The summed E-state index contributed by atoms with van der Waals surface area (Å²) in [4.78, 5) is 46.3. The summed E-state index contributed by atoms with van der Waals surface area (Å²) in [5, 5.41) is 3.22. The Morgan fingerprint density at radius 2 is 1.69 bits per heavy atom. The molecule has 1 unspecified atom stereocenters. The Morgan fingerprint density at radius 3 is 2.29 bits per heavy atom. The first-order chi connectivity index (χ1) is 20.9. The number of hydrogen-bond donors (Lipinski definition) is 1. The highest BCUT2D eigenvalue weighted by Crippen LogP contribution is 2.39. The molecule has 0 bridgehead atoms. The van der Waals surface area contributed by atoms with E-state index >= 15 is 0 Å². The average molecular weight is 647 g/mol. The van der Waals surface area contributed by atoms with E-state index < -0.39 is 41.2 Å². The monoisotopic (exact) mass is 646 g/mol. The molecule has 0 aliphatic carbocycles. The van der Waals surface area contributed by atoms with E-state index in [1.807, 2.05) is 19.1 Å². The van der Waals surface area contributed by atoms with Gasteiger partial charge >= 0.3 is 6.09 Å². The molecule has 0 saturated carbocycles. The second-order valence-electron chi connectivity index (χ2n) is 14.1. The van der Waals surface area contributed by atoms with Gasteiger partial charge in [-0.15, -0.1) is 0 Å². The van der Waals surface area contributed by atoms with Crippen LogP contribution in [0.3, 0.4) is 0 Å². The van der Waals surface area contributed by atoms with Crippen molar-refractivity contribution in [1.29, 1.82) is 0 Å². The second-order valence-corrected chi connectivity index (χ2v) is 14.5. The number of carbonyl (C=O) groups excluding carboxylic acids is 3. The molecule has 0 spiro atoms. The minimum Gasteiger partial charge on any atom is -0.444 e. The third-order valence-electron chi connectivity index (χ3n) is 8.54. The number of halogens is 3. The van der Waals surface area contributed by atoms with Crippen LogP contribution >= 0.6 is 11.6 Å². The van der Waals surface area contributed by atoms with E-state index in [-0.39, 0.29) is 49.5 Å². The van der Waals surface area contributed by atoms with Gasteiger partial charge in [-0.3, -0.25) is 14.5 Å². The first-order valence-corrected chi connectivity index (χ1v) is 15.8. The summed E-state index contributed by atoms with van der Waals surface area (Å²) in [5.74, 6) is -2.70. The van der Waals surface area contributed by atoms with Crippen LogP contribution in [0.15, 0.2) is 42.5 Å². The number of nitrogens with zero attached hydrogens (tertiary/aromatic N) is 3. The molecule has 2 aromatic rings. The summed E-state index contributed by atoms with van der Waals surface area (Å²) in [6.07, 6.45) is -0.542. The smallest absolute Gasteiger partial charge is 0.408 e. The largest absolute Gasteiger partial charge is 0.444 e. The van der Waals surface area contributed by atoms with Gasteiger partial charge in [0.05, 0.1) is 5.92 Å². The summed E-state index contributed by atoms with van der Waals surface area (Å²) >= 11 is 6.39. The topological polar surface area (TPSA) is 82.2 Å². The highest BCUT2D eigenvalue weighted by atomic mass is 35.5. The molecule has 2 aliphatic rings. The standard InChI is InChI=1S/C34H45ClF2N4O4/c1-21-18-39(31(43)29(38-32(44)45-34(5,6)7)16-22-10-8-9-11-27(22)35)14-15-41(21)30(42)26-20-40(33(2,3)4)19-25(26)24-13-12-23(36)17-28(24)37/h8-13,17,21,25-26,29H,14-16,18-20H2,1-7H3,(H,38,44)/t21-,25-,26+,29?/m0/s1. The van der Waals surface area contributed by atoms with Crippen LogP contribution in [-0.4, -0.2) is 88.6 Å². The van der Waals surface area contributed by atoms with Crippen LogP contribution in [0.4, 0.5) is 13.6 Å². The zero-order chi connectivity index (χ0) is 33.3. The number of likely N-dealkylation sites (tertiary alicyclic amines) is 1. The van der Waals surface area contributed by atoms with Crippen LogP contribution in [-0.2, 0) is 20.7 Å². The maximum Gasteiger partial charge on any atom is 0.408 e. The Morgan fingerprint density at radius 1 is 1.00 bits per heavy atom. The van der Waals surface area contributed by atoms with E-state index in [1.165, 1.54) is 12.1 Å². The van der Waals surface area contributed by atoms with Gasteiger partial charge < -0.3 is 19.9 Å². The van der Waals surface area contributed by atoms with E-state index in [2.05, 4.69) is 31.0 Å². The molecule has 45 heavy (non-hydrogen) atoms. The van der Waals surface area contributed by atoms with Crippen molar-refractivity contribution in [3.63, 3.8) is 0 Å². The van der Waals surface area contributed by atoms with Crippen molar-refractivity contribution in [3.05, 3.63) is 70.2 Å². The zero-order valence-electron chi connectivity index (χ0n) is 27.2.